The van der Waals surface area contributed by atoms with Gasteiger partial charge in [0.15, 0.2) is 11.5 Å². The first kappa shape index (κ1) is 19.5. The average Bonchev–Trinajstić information content (AvgIpc) is 2.67. The van der Waals surface area contributed by atoms with E-state index >= 15 is 0 Å². The maximum atomic E-state index is 5.49. The number of ether oxygens (including phenoxy) is 2. The summed E-state index contributed by atoms with van der Waals surface area (Å²) >= 11 is 0. The van der Waals surface area contributed by atoms with Crippen LogP contribution in [0.3, 0.4) is 0 Å². The molecular weight excluding hydrogens is 342 g/mol. The van der Waals surface area contributed by atoms with Gasteiger partial charge in [0.05, 0.1) is 19.7 Å². The average molecular weight is 374 g/mol. The van der Waals surface area contributed by atoms with Crippen molar-refractivity contribution in [3.63, 3.8) is 0 Å². The number of methoxy groups -OCH3 is 2. The molecule has 1 fully saturated rings. The third-order valence-corrected chi connectivity index (χ3v) is 5.34. The Morgan fingerprint density at radius 1 is 1.11 bits per heavy atom. The van der Waals surface area contributed by atoms with Crippen molar-refractivity contribution >= 4 is 22.7 Å². The normalized spacial score (nSPS) is 16.0. The van der Waals surface area contributed by atoms with Crippen LogP contribution < -0.4 is 19.7 Å². The third-order valence-electron chi connectivity index (χ3n) is 5.34. The molecule has 0 saturated carbocycles. The highest BCUT2D eigenvalue weighted by molar-refractivity contribution is 5.93. The lowest BCUT2D eigenvalue weighted by Crippen LogP contribution is -2.37. The van der Waals surface area contributed by atoms with E-state index in [2.05, 4.69) is 36.0 Å². The van der Waals surface area contributed by atoms with Gasteiger partial charge in [-0.25, -0.2) is 4.98 Å². The largest absolute Gasteiger partial charge is 0.493 e. The maximum absolute atomic E-state index is 5.49. The van der Waals surface area contributed by atoms with Gasteiger partial charge in [0, 0.05) is 30.6 Å². The summed E-state index contributed by atoms with van der Waals surface area (Å²) in [4.78, 5) is 14.1. The predicted molar refractivity (Wildman–Crippen MR) is 110 cm³/mol. The molecule has 0 spiro atoms. The minimum Gasteiger partial charge on any atom is -0.493 e. The summed E-state index contributed by atoms with van der Waals surface area (Å²) in [6.07, 6.45) is 2.20. The molecular formula is C20H31N5O2. The number of fused-ring (bicyclic) bond motifs is 1. The minimum absolute atomic E-state index is 0.304. The molecule has 0 bridgehead atoms. The summed E-state index contributed by atoms with van der Waals surface area (Å²) in [6, 6.07) is 4.60. The van der Waals surface area contributed by atoms with Gasteiger partial charge >= 0.3 is 0 Å². The smallest absolute Gasteiger partial charge is 0.227 e. The van der Waals surface area contributed by atoms with Crippen LogP contribution in [0.15, 0.2) is 12.1 Å². The standard InChI is InChI=1S/C20H31N5O2/c1-13(2)25(4)20-22-16-12-18(27-6)17(26-5)11-15(16)19(23-20)21-14-7-9-24(3)10-8-14/h11-14H,7-10H2,1-6H3,(H,21,22,23). The second kappa shape index (κ2) is 8.17. The lowest BCUT2D eigenvalue weighted by atomic mass is 10.1. The van der Waals surface area contributed by atoms with Crippen LogP contribution in [0.5, 0.6) is 11.5 Å². The number of anilines is 2. The molecule has 148 valence electrons. The van der Waals surface area contributed by atoms with Crippen molar-refractivity contribution in [1.29, 1.82) is 0 Å². The summed E-state index contributed by atoms with van der Waals surface area (Å²) in [6.45, 7) is 6.45. The molecule has 1 aromatic heterocycles. The number of aromatic nitrogens is 2. The van der Waals surface area contributed by atoms with Crippen LogP contribution in [0.2, 0.25) is 0 Å². The number of hydrogen-bond donors (Lipinski definition) is 1. The van der Waals surface area contributed by atoms with E-state index in [-0.39, 0.29) is 0 Å². The van der Waals surface area contributed by atoms with Gasteiger partial charge in [-0.15, -0.1) is 0 Å². The zero-order valence-electron chi connectivity index (χ0n) is 17.2. The lowest BCUT2D eigenvalue weighted by molar-refractivity contribution is 0.264. The Bertz CT molecular complexity index is 788. The van der Waals surface area contributed by atoms with Crippen LogP contribution in [0.25, 0.3) is 10.9 Å². The first-order valence-corrected chi connectivity index (χ1v) is 9.54. The number of nitrogens with zero attached hydrogens (tertiary/aromatic N) is 4. The van der Waals surface area contributed by atoms with E-state index in [1.807, 2.05) is 19.2 Å². The van der Waals surface area contributed by atoms with Crippen molar-refractivity contribution in [2.75, 3.05) is 51.6 Å². The van der Waals surface area contributed by atoms with Gasteiger partial charge in [0.1, 0.15) is 5.82 Å². The van der Waals surface area contributed by atoms with Crippen LogP contribution in [-0.2, 0) is 0 Å². The molecule has 2 aromatic rings. The van der Waals surface area contributed by atoms with Crippen molar-refractivity contribution in [3.05, 3.63) is 12.1 Å². The van der Waals surface area contributed by atoms with Gasteiger partial charge in [0.2, 0.25) is 5.95 Å². The fraction of sp³-hybridized carbons (Fsp3) is 0.600. The van der Waals surface area contributed by atoms with Crippen LogP contribution in [-0.4, -0.2) is 68.4 Å². The van der Waals surface area contributed by atoms with E-state index in [4.69, 9.17) is 19.4 Å². The molecule has 1 saturated heterocycles. The number of rotatable bonds is 6. The molecule has 0 radical (unpaired) electrons. The summed E-state index contributed by atoms with van der Waals surface area (Å²) in [5, 5.41) is 4.62. The molecule has 0 aliphatic carbocycles. The number of hydrogen-bond acceptors (Lipinski definition) is 7. The monoisotopic (exact) mass is 373 g/mol. The van der Waals surface area contributed by atoms with E-state index in [1.54, 1.807) is 14.2 Å². The van der Waals surface area contributed by atoms with E-state index < -0.39 is 0 Å². The zero-order valence-corrected chi connectivity index (χ0v) is 17.2. The highest BCUT2D eigenvalue weighted by atomic mass is 16.5. The Balaban J connectivity index is 2.06. The molecule has 7 heteroatoms. The maximum Gasteiger partial charge on any atom is 0.227 e. The lowest BCUT2D eigenvalue weighted by Gasteiger charge is -2.30. The van der Waals surface area contributed by atoms with Crippen molar-refractivity contribution in [3.8, 4) is 11.5 Å². The predicted octanol–water partition coefficient (Wildman–Crippen LogP) is 3.00. The van der Waals surface area contributed by atoms with Crippen molar-refractivity contribution in [2.24, 2.45) is 0 Å². The van der Waals surface area contributed by atoms with Gasteiger partial charge in [-0.1, -0.05) is 0 Å². The summed E-state index contributed by atoms with van der Waals surface area (Å²) < 4.78 is 11.0. The number of nitrogens with one attached hydrogen (secondary N) is 1. The quantitative estimate of drug-likeness (QED) is 0.835. The topological polar surface area (TPSA) is 62.8 Å². The Hall–Kier alpha value is -2.28. The fourth-order valence-corrected chi connectivity index (χ4v) is 3.29. The van der Waals surface area contributed by atoms with Crippen LogP contribution in [0, 0.1) is 0 Å². The van der Waals surface area contributed by atoms with Crippen LogP contribution in [0.1, 0.15) is 26.7 Å². The number of piperidine rings is 1. The highest BCUT2D eigenvalue weighted by Gasteiger charge is 2.21. The first-order valence-electron chi connectivity index (χ1n) is 9.54. The summed E-state index contributed by atoms with van der Waals surface area (Å²) in [5.74, 6) is 2.93. The fourth-order valence-electron chi connectivity index (χ4n) is 3.29. The van der Waals surface area contributed by atoms with E-state index in [0.29, 0.717) is 29.5 Å². The Kier molecular flexibility index (Phi) is 5.89. The molecule has 0 unspecified atom stereocenters. The molecule has 1 aromatic carbocycles. The first-order chi connectivity index (χ1) is 12.9. The molecule has 7 nitrogen and oxygen atoms in total. The van der Waals surface area contributed by atoms with E-state index in [1.165, 1.54) is 0 Å². The number of benzene rings is 1. The molecule has 3 rings (SSSR count). The summed E-state index contributed by atoms with van der Waals surface area (Å²) in [5.41, 5.74) is 0.848. The molecule has 1 aliphatic heterocycles. The molecule has 2 heterocycles. The van der Waals surface area contributed by atoms with E-state index in [9.17, 15) is 0 Å². The summed E-state index contributed by atoms with van der Waals surface area (Å²) in [7, 11) is 7.48. The molecule has 1 N–H and O–H groups in total. The molecule has 27 heavy (non-hydrogen) atoms. The van der Waals surface area contributed by atoms with Gasteiger partial charge in [0.25, 0.3) is 0 Å². The van der Waals surface area contributed by atoms with E-state index in [0.717, 1.165) is 42.7 Å². The Labute approximate surface area is 161 Å². The van der Waals surface area contributed by atoms with Gasteiger partial charge in [-0.05, 0) is 52.9 Å². The zero-order chi connectivity index (χ0) is 19.6. The third kappa shape index (κ3) is 4.18. The van der Waals surface area contributed by atoms with Gasteiger partial charge < -0.3 is 24.6 Å². The Morgan fingerprint density at radius 2 is 1.74 bits per heavy atom. The van der Waals surface area contributed by atoms with Gasteiger partial charge in [-0.3, -0.25) is 0 Å². The molecule has 0 amide bonds. The number of likely N-dealkylation sites (tertiary alicyclic amines) is 1. The molecule has 1 aliphatic rings. The second-order valence-electron chi connectivity index (χ2n) is 7.52. The van der Waals surface area contributed by atoms with Crippen molar-refractivity contribution in [1.82, 2.24) is 14.9 Å². The van der Waals surface area contributed by atoms with Crippen LogP contribution >= 0.6 is 0 Å². The minimum atomic E-state index is 0.304. The van der Waals surface area contributed by atoms with Crippen molar-refractivity contribution in [2.45, 2.75) is 38.8 Å². The van der Waals surface area contributed by atoms with Crippen molar-refractivity contribution < 1.29 is 9.47 Å². The SMILES string of the molecule is COc1cc2nc(N(C)C(C)C)nc(NC3CCN(C)CC3)c2cc1OC. The second-order valence-corrected chi connectivity index (χ2v) is 7.52. The van der Waals surface area contributed by atoms with Gasteiger partial charge in [-0.2, -0.15) is 4.98 Å². The van der Waals surface area contributed by atoms with Crippen LogP contribution in [0.4, 0.5) is 11.8 Å². The Morgan fingerprint density at radius 3 is 2.33 bits per heavy atom. The molecule has 0 atom stereocenters. The highest BCUT2D eigenvalue weighted by Crippen LogP contribution is 2.35.